The molecule has 2 saturated heterocycles. The summed E-state index contributed by atoms with van der Waals surface area (Å²) in [6, 6.07) is 8.97. The van der Waals surface area contributed by atoms with E-state index in [1.807, 2.05) is 32.1 Å². The van der Waals surface area contributed by atoms with Crippen LogP contribution in [0.2, 0.25) is 0 Å². The first-order valence-corrected chi connectivity index (χ1v) is 8.11. The zero-order valence-electron chi connectivity index (χ0n) is 11.8. The van der Waals surface area contributed by atoms with Gasteiger partial charge in [-0.05, 0) is 26.0 Å². The Morgan fingerprint density at radius 1 is 0.952 bits per heavy atom. The molecular weight excluding hydrogens is 286 g/mol. The second-order valence-electron chi connectivity index (χ2n) is 6.27. The van der Waals surface area contributed by atoms with E-state index in [-0.39, 0.29) is 11.8 Å². The van der Waals surface area contributed by atoms with Crippen LogP contribution in [0.5, 0.6) is 0 Å². The molecule has 0 saturated carbocycles. The van der Waals surface area contributed by atoms with E-state index in [0.717, 1.165) is 0 Å². The summed E-state index contributed by atoms with van der Waals surface area (Å²) < 4.78 is 11.2. The van der Waals surface area contributed by atoms with Crippen molar-refractivity contribution < 1.29 is 13.8 Å². The topological polar surface area (TPSA) is 54.5 Å². The van der Waals surface area contributed by atoms with Gasteiger partial charge in [0.15, 0.2) is 0 Å². The Bertz CT molecular complexity index is 688. The van der Waals surface area contributed by atoms with Crippen LogP contribution >= 0.6 is 0 Å². The van der Waals surface area contributed by atoms with E-state index in [1.165, 1.54) is 4.90 Å². The molecule has 0 N–H and O–H groups in total. The van der Waals surface area contributed by atoms with Gasteiger partial charge in [-0.2, -0.15) is 0 Å². The maximum atomic E-state index is 12.8. The Hall–Kier alpha value is -1.75. The number of para-hydroxylation sites is 1. The van der Waals surface area contributed by atoms with Crippen LogP contribution in [0.1, 0.15) is 13.8 Å². The summed E-state index contributed by atoms with van der Waals surface area (Å²) in [6.07, 6.45) is 3.73. The van der Waals surface area contributed by atoms with Crippen molar-refractivity contribution in [1.82, 2.24) is 0 Å². The van der Waals surface area contributed by atoms with Gasteiger partial charge in [0.05, 0.1) is 27.0 Å². The molecule has 5 heteroatoms. The quantitative estimate of drug-likeness (QED) is 0.585. The van der Waals surface area contributed by atoms with E-state index >= 15 is 0 Å². The monoisotopic (exact) mass is 301 g/mol. The summed E-state index contributed by atoms with van der Waals surface area (Å²) in [5, 5.41) is 0. The fourth-order valence-electron chi connectivity index (χ4n) is 4.02. The van der Waals surface area contributed by atoms with E-state index < -0.39 is 32.1 Å². The van der Waals surface area contributed by atoms with Crippen LogP contribution in [-0.4, -0.2) is 25.5 Å². The van der Waals surface area contributed by atoms with Crippen LogP contribution < -0.4 is 4.90 Å². The summed E-state index contributed by atoms with van der Waals surface area (Å²) in [4.78, 5) is 26.9. The van der Waals surface area contributed by atoms with E-state index in [4.69, 9.17) is 0 Å². The number of amides is 2. The van der Waals surface area contributed by atoms with Crippen molar-refractivity contribution >= 4 is 28.3 Å². The maximum absolute atomic E-state index is 12.8. The standard InChI is InChI=1S/C16H15NO3S/c1-15-8-9-16(2,21(15)20)12-11(15)13(18)17(14(12)19)10-6-4-3-5-7-10/h3-9,11-12H,1-2H3/t11-,12+,15+,16-,21?. The fourth-order valence-corrected chi connectivity index (χ4v) is 6.29. The molecule has 108 valence electrons. The molecule has 1 aromatic carbocycles. The van der Waals surface area contributed by atoms with Gasteiger partial charge >= 0.3 is 0 Å². The van der Waals surface area contributed by atoms with Gasteiger partial charge < -0.3 is 0 Å². The minimum Gasteiger partial charge on any atom is -0.274 e. The number of carbonyl (C=O) groups excluding carboxylic acids is 2. The molecule has 21 heavy (non-hydrogen) atoms. The molecule has 4 nitrogen and oxygen atoms in total. The molecule has 2 amide bonds. The van der Waals surface area contributed by atoms with Gasteiger partial charge in [0.2, 0.25) is 11.8 Å². The molecule has 0 radical (unpaired) electrons. The zero-order valence-corrected chi connectivity index (χ0v) is 12.6. The Kier molecular flexibility index (Phi) is 2.29. The van der Waals surface area contributed by atoms with Gasteiger partial charge in [-0.1, -0.05) is 30.4 Å². The SMILES string of the molecule is C[C@]12C=C[C@](C)([C@@H]3C(=O)N(c4ccccc4)C(=O)[C@@H]31)S2=O. The van der Waals surface area contributed by atoms with Gasteiger partial charge in [-0.3, -0.25) is 13.8 Å². The Morgan fingerprint density at radius 2 is 1.43 bits per heavy atom. The average molecular weight is 301 g/mol. The van der Waals surface area contributed by atoms with Gasteiger partial charge in [-0.15, -0.1) is 0 Å². The lowest BCUT2D eigenvalue weighted by atomic mass is 9.73. The highest BCUT2D eigenvalue weighted by Gasteiger charge is 2.73. The minimum absolute atomic E-state index is 0.222. The number of benzene rings is 1. The smallest absolute Gasteiger partial charge is 0.239 e. The van der Waals surface area contributed by atoms with Crippen molar-refractivity contribution in [3.05, 3.63) is 42.5 Å². The molecule has 3 heterocycles. The Balaban J connectivity index is 1.87. The number of hydrogen-bond donors (Lipinski definition) is 0. The highest BCUT2D eigenvalue weighted by molar-refractivity contribution is 7.89. The summed E-state index contributed by atoms with van der Waals surface area (Å²) in [5.41, 5.74) is 0.597. The number of fused-ring (bicyclic) bond motifs is 5. The summed E-state index contributed by atoms with van der Waals surface area (Å²) in [5.74, 6) is -1.47. The first-order chi connectivity index (χ1) is 9.91. The third-order valence-electron chi connectivity index (χ3n) is 5.10. The largest absolute Gasteiger partial charge is 0.274 e. The fraction of sp³-hybridized carbons (Fsp3) is 0.375. The number of nitrogens with zero attached hydrogens (tertiary/aromatic N) is 1. The van der Waals surface area contributed by atoms with E-state index in [1.54, 1.807) is 24.3 Å². The lowest BCUT2D eigenvalue weighted by Crippen LogP contribution is -2.41. The third-order valence-corrected chi connectivity index (χ3v) is 7.48. The predicted octanol–water partition coefficient (Wildman–Crippen LogP) is 1.64. The van der Waals surface area contributed by atoms with E-state index in [0.29, 0.717) is 5.69 Å². The molecule has 3 aliphatic heterocycles. The second-order valence-corrected chi connectivity index (χ2v) is 8.57. The average Bonchev–Trinajstić information content (AvgIpc) is 2.95. The molecular formula is C16H15NO3S. The molecule has 0 aromatic heterocycles. The first-order valence-electron chi connectivity index (χ1n) is 6.96. The molecule has 2 fully saturated rings. The van der Waals surface area contributed by atoms with E-state index in [9.17, 15) is 13.8 Å². The molecule has 1 aromatic rings. The van der Waals surface area contributed by atoms with Crippen molar-refractivity contribution in [3.8, 4) is 0 Å². The molecule has 3 aliphatic rings. The van der Waals surface area contributed by atoms with E-state index in [2.05, 4.69) is 0 Å². The number of imide groups is 1. The van der Waals surface area contributed by atoms with Crippen LogP contribution in [-0.2, 0) is 20.4 Å². The van der Waals surface area contributed by atoms with Crippen LogP contribution in [0.4, 0.5) is 5.69 Å². The highest BCUT2D eigenvalue weighted by atomic mass is 32.2. The van der Waals surface area contributed by atoms with Crippen molar-refractivity contribution in [2.24, 2.45) is 11.8 Å². The highest BCUT2D eigenvalue weighted by Crippen LogP contribution is 2.59. The third kappa shape index (κ3) is 1.28. The van der Waals surface area contributed by atoms with Gasteiger partial charge in [0, 0.05) is 10.8 Å². The van der Waals surface area contributed by atoms with Gasteiger partial charge in [0.1, 0.15) is 0 Å². The summed E-state index contributed by atoms with van der Waals surface area (Å²) in [7, 11) is -1.23. The maximum Gasteiger partial charge on any atom is 0.239 e. The number of anilines is 1. The molecule has 5 atom stereocenters. The van der Waals surface area contributed by atoms with Crippen molar-refractivity contribution in [2.45, 2.75) is 23.3 Å². The van der Waals surface area contributed by atoms with Crippen LogP contribution in [0.3, 0.4) is 0 Å². The summed E-state index contributed by atoms with van der Waals surface area (Å²) in [6.45, 7) is 3.66. The molecule has 0 spiro atoms. The first kappa shape index (κ1) is 13.0. The normalized spacial score (nSPS) is 43.7. The van der Waals surface area contributed by atoms with Crippen molar-refractivity contribution in [3.63, 3.8) is 0 Å². The lowest BCUT2D eigenvalue weighted by molar-refractivity contribution is -0.122. The molecule has 2 bridgehead atoms. The summed E-state index contributed by atoms with van der Waals surface area (Å²) >= 11 is 0. The Morgan fingerprint density at radius 3 is 1.90 bits per heavy atom. The molecule has 0 aliphatic carbocycles. The van der Waals surface area contributed by atoms with Crippen molar-refractivity contribution in [2.75, 3.05) is 4.90 Å². The predicted molar refractivity (Wildman–Crippen MR) is 80.0 cm³/mol. The Labute approximate surface area is 125 Å². The zero-order chi connectivity index (χ0) is 15.0. The van der Waals surface area contributed by atoms with Crippen LogP contribution in [0.25, 0.3) is 0 Å². The number of hydrogen-bond acceptors (Lipinski definition) is 3. The lowest BCUT2D eigenvalue weighted by Gasteiger charge is -2.23. The van der Waals surface area contributed by atoms with Gasteiger partial charge in [-0.25, -0.2) is 4.90 Å². The molecule has 4 rings (SSSR count). The minimum atomic E-state index is -1.23. The molecule has 1 unspecified atom stereocenters. The van der Waals surface area contributed by atoms with Crippen LogP contribution in [0, 0.1) is 11.8 Å². The van der Waals surface area contributed by atoms with Crippen molar-refractivity contribution in [1.29, 1.82) is 0 Å². The second kappa shape index (κ2) is 3.71. The number of rotatable bonds is 1. The van der Waals surface area contributed by atoms with Gasteiger partial charge in [0.25, 0.3) is 0 Å². The van der Waals surface area contributed by atoms with Crippen LogP contribution in [0.15, 0.2) is 42.5 Å². The number of carbonyl (C=O) groups is 2.